The van der Waals surface area contributed by atoms with E-state index in [2.05, 4.69) is 17.4 Å². The van der Waals surface area contributed by atoms with Crippen LogP contribution < -0.4 is 10.1 Å². The zero-order chi connectivity index (χ0) is 13.0. The van der Waals surface area contributed by atoms with E-state index in [1.54, 1.807) is 7.11 Å². The summed E-state index contributed by atoms with van der Waals surface area (Å²) in [5.74, 6) is 0.894. The van der Waals surface area contributed by atoms with E-state index in [9.17, 15) is 5.11 Å². The molecule has 0 bridgehead atoms. The number of rotatable bonds is 5. The highest BCUT2D eigenvalue weighted by Gasteiger charge is 2.37. The van der Waals surface area contributed by atoms with Gasteiger partial charge in [0.15, 0.2) is 0 Å². The Balaban J connectivity index is 1.94. The minimum absolute atomic E-state index is 0.0653. The molecule has 100 valence electrons. The number of benzene rings is 1. The number of aliphatic hydroxyl groups excluding tert-OH is 1. The number of nitrogens with one attached hydrogen (secondary N) is 1. The molecule has 1 aromatic rings. The van der Waals surface area contributed by atoms with Crippen molar-refractivity contribution in [2.75, 3.05) is 20.8 Å². The third kappa shape index (κ3) is 2.99. The molecule has 1 aromatic carbocycles. The van der Waals surface area contributed by atoms with Crippen molar-refractivity contribution in [2.45, 2.75) is 34.9 Å². The molecule has 0 aromatic heterocycles. The van der Waals surface area contributed by atoms with Gasteiger partial charge in [0.2, 0.25) is 0 Å². The summed E-state index contributed by atoms with van der Waals surface area (Å²) in [6.07, 6.45) is 3.22. The fourth-order valence-electron chi connectivity index (χ4n) is 2.47. The summed E-state index contributed by atoms with van der Waals surface area (Å²) in [5.41, 5.74) is -0.0653. The molecule has 1 saturated carbocycles. The molecule has 0 spiro atoms. The topological polar surface area (TPSA) is 41.5 Å². The Bertz CT molecular complexity index is 376. The molecular weight excluding hydrogens is 246 g/mol. The van der Waals surface area contributed by atoms with Crippen LogP contribution in [0.3, 0.4) is 0 Å². The van der Waals surface area contributed by atoms with E-state index in [1.165, 1.54) is 4.90 Å². The monoisotopic (exact) mass is 267 g/mol. The van der Waals surface area contributed by atoms with E-state index < -0.39 is 0 Å². The van der Waals surface area contributed by atoms with Gasteiger partial charge in [0.05, 0.1) is 13.7 Å². The minimum Gasteiger partial charge on any atom is -0.497 e. The molecule has 1 fully saturated rings. The van der Waals surface area contributed by atoms with Gasteiger partial charge in [-0.3, -0.25) is 0 Å². The van der Waals surface area contributed by atoms with E-state index in [1.807, 2.05) is 30.9 Å². The normalized spacial score (nSPS) is 27.4. The fraction of sp³-hybridized carbons (Fsp3) is 0.571. The lowest BCUT2D eigenvalue weighted by atomic mass is 10.00. The van der Waals surface area contributed by atoms with Crippen molar-refractivity contribution in [3.63, 3.8) is 0 Å². The van der Waals surface area contributed by atoms with Crippen molar-refractivity contribution in [2.24, 2.45) is 0 Å². The van der Waals surface area contributed by atoms with E-state index in [-0.39, 0.29) is 12.1 Å². The average molecular weight is 267 g/mol. The Kier molecular flexibility index (Phi) is 4.54. The van der Waals surface area contributed by atoms with Crippen LogP contribution in [0.5, 0.6) is 5.75 Å². The number of hydrogen-bond donors (Lipinski definition) is 2. The van der Waals surface area contributed by atoms with Crippen LogP contribution in [0, 0.1) is 0 Å². The van der Waals surface area contributed by atoms with E-state index >= 15 is 0 Å². The maximum absolute atomic E-state index is 9.48. The van der Waals surface area contributed by atoms with Gasteiger partial charge in [-0.1, -0.05) is 0 Å². The predicted octanol–water partition coefficient (Wildman–Crippen LogP) is 2.29. The van der Waals surface area contributed by atoms with Crippen molar-refractivity contribution < 1.29 is 9.84 Å². The molecule has 0 aliphatic heterocycles. The quantitative estimate of drug-likeness (QED) is 0.859. The van der Waals surface area contributed by atoms with Gasteiger partial charge in [0, 0.05) is 15.7 Å². The zero-order valence-corrected chi connectivity index (χ0v) is 11.8. The maximum Gasteiger partial charge on any atom is 0.118 e. The third-order valence-electron chi connectivity index (χ3n) is 3.76. The lowest BCUT2D eigenvalue weighted by Gasteiger charge is -2.26. The van der Waals surface area contributed by atoms with Crippen LogP contribution in [0.2, 0.25) is 0 Å². The second-order valence-corrected chi connectivity index (χ2v) is 6.22. The van der Waals surface area contributed by atoms with Crippen LogP contribution in [0.25, 0.3) is 0 Å². The number of ether oxygens (including phenoxy) is 1. The lowest BCUT2D eigenvalue weighted by Crippen LogP contribution is -2.44. The summed E-state index contributed by atoms with van der Waals surface area (Å²) in [7, 11) is 3.62. The standard InChI is InChI=1S/C14H21NO2S/c1-15-14(10-16)8-7-13(9-14)18-12-5-3-11(17-2)4-6-12/h3-6,13,15-16H,7-10H2,1-2H3. The minimum atomic E-state index is -0.0653. The first kappa shape index (κ1) is 13.7. The number of thioether (sulfide) groups is 1. The largest absolute Gasteiger partial charge is 0.497 e. The first-order valence-corrected chi connectivity index (χ1v) is 7.20. The molecule has 0 heterocycles. The molecular formula is C14H21NO2S. The van der Waals surface area contributed by atoms with Crippen LogP contribution in [-0.4, -0.2) is 36.7 Å². The molecule has 1 aliphatic rings. The lowest BCUT2D eigenvalue weighted by molar-refractivity contribution is 0.173. The summed E-state index contributed by atoms with van der Waals surface area (Å²) in [4.78, 5) is 1.27. The molecule has 0 saturated heterocycles. The zero-order valence-electron chi connectivity index (χ0n) is 11.0. The predicted molar refractivity (Wildman–Crippen MR) is 75.4 cm³/mol. The highest BCUT2D eigenvalue weighted by Crippen LogP contribution is 2.40. The Labute approximate surface area is 113 Å². The first-order valence-electron chi connectivity index (χ1n) is 6.32. The smallest absolute Gasteiger partial charge is 0.118 e. The number of hydrogen-bond acceptors (Lipinski definition) is 4. The summed E-state index contributed by atoms with van der Waals surface area (Å²) >= 11 is 1.90. The molecule has 0 radical (unpaired) electrons. The second kappa shape index (κ2) is 5.95. The van der Waals surface area contributed by atoms with E-state index in [4.69, 9.17) is 4.74 Å². The average Bonchev–Trinajstić information content (AvgIpc) is 2.84. The third-order valence-corrected chi connectivity index (χ3v) is 5.04. The fourth-order valence-corrected chi connectivity index (χ4v) is 3.79. The van der Waals surface area contributed by atoms with Crippen LogP contribution in [0.1, 0.15) is 19.3 Å². The van der Waals surface area contributed by atoms with Gasteiger partial charge < -0.3 is 15.2 Å². The molecule has 2 atom stereocenters. The molecule has 2 unspecified atom stereocenters. The van der Waals surface area contributed by atoms with Crippen molar-refractivity contribution in [1.82, 2.24) is 5.32 Å². The van der Waals surface area contributed by atoms with Crippen molar-refractivity contribution >= 4 is 11.8 Å². The number of aliphatic hydroxyl groups is 1. The van der Waals surface area contributed by atoms with Gasteiger partial charge >= 0.3 is 0 Å². The Morgan fingerprint density at radius 3 is 2.67 bits per heavy atom. The molecule has 3 nitrogen and oxygen atoms in total. The maximum atomic E-state index is 9.48. The molecule has 0 amide bonds. The first-order chi connectivity index (χ1) is 8.71. The Hall–Kier alpha value is -0.710. The second-order valence-electron chi connectivity index (χ2n) is 4.85. The van der Waals surface area contributed by atoms with Crippen LogP contribution in [-0.2, 0) is 0 Å². The SMILES string of the molecule is CNC1(CO)CCC(Sc2ccc(OC)cc2)C1. The molecule has 4 heteroatoms. The Morgan fingerprint density at radius 2 is 2.17 bits per heavy atom. The number of likely N-dealkylation sites (N-methyl/N-ethyl adjacent to an activating group) is 1. The number of methoxy groups -OCH3 is 1. The van der Waals surface area contributed by atoms with Gasteiger partial charge in [-0.25, -0.2) is 0 Å². The van der Waals surface area contributed by atoms with Crippen LogP contribution in [0.15, 0.2) is 29.2 Å². The molecule has 1 aliphatic carbocycles. The van der Waals surface area contributed by atoms with E-state index in [0.29, 0.717) is 5.25 Å². The summed E-state index contributed by atoms with van der Waals surface area (Å²) in [6, 6.07) is 8.19. The van der Waals surface area contributed by atoms with Gasteiger partial charge in [0.1, 0.15) is 5.75 Å². The highest BCUT2D eigenvalue weighted by atomic mass is 32.2. The van der Waals surface area contributed by atoms with Gasteiger partial charge in [-0.2, -0.15) is 0 Å². The Morgan fingerprint density at radius 1 is 1.44 bits per heavy atom. The molecule has 2 rings (SSSR count). The van der Waals surface area contributed by atoms with Gasteiger partial charge in [0.25, 0.3) is 0 Å². The summed E-state index contributed by atoms with van der Waals surface area (Å²) in [5, 5.41) is 13.3. The summed E-state index contributed by atoms with van der Waals surface area (Å²) in [6.45, 7) is 0.225. The van der Waals surface area contributed by atoms with Crippen LogP contribution in [0.4, 0.5) is 0 Å². The van der Waals surface area contributed by atoms with E-state index in [0.717, 1.165) is 25.0 Å². The van der Waals surface area contributed by atoms with Crippen molar-refractivity contribution in [1.29, 1.82) is 0 Å². The van der Waals surface area contributed by atoms with Gasteiger partial charge in [-0.05, 0) is 50.6 Å². The molecule has 2 N–H and O–H groups in total. The van der Waals surface area contributed by atoms with Gasteiger partial charge in [-0.15, -0.1) is 11.8 Å². The van der Waals surface area contributed by atoms with Crippen molar-refractivity contribution in [3.05, 3.63) is 24.3 Å². The summed E-state index contributed by atoms with van der Waals surface area (Å²) < 4.78 is 5.15. The highest BCUT2D eigenvalue weighted by molar-refractivity contribution is 8.00. The molecule has 18 heavy (non-hydrogen) atoms. The van der Waals surface area contributed by atoms with Crippen LogP contribution >= 0.6 is 11.8 Å². The van der Waals surface area contributed by atoms with Crippen molar-refractivity contribution in [3.8, 4) is 5.75 Å².